The Morgan fingerprint density at radius 1 is 1.25 bits per heavy atom. The Hall–Kier alpha value is -0.410. The molecule has 0 aliphatic carbocycles. The van der Waals surface area contributed by atoms with E-state index in [0.29, 0.717) is 6.61 Å². The van der Waals surface area contributed by atoms with E-state index in [4.69, 9.17) is 30.4 Å². The van der Waals surface area contributed by atoms with Gasteiger partial charge in [-0.15, -0.1) is 12.3 Å². The van der Waals surface area contributed by atoms with Gasteiger partial charge in [-0.1, -0.05) is 0 Å². The van der Waals surface area contributed by atoms with Crippen molar-refractivity contribution in [1.29, 1.82) is 0 Å². The van der Waals surface area contributed by atoms with Crippen molar-refractivity contribution in [2.75, 3.05) is 40.9 Å². The summed E-state index contributed by atoms with van der Waals surface area (Å²) < 4.78 is 15.1. The van der Waals surface area contributed by atoms with Crippen LogP contribution in [0.4, 0.5) is 0 Å². The molecule has 0 aliphatic heterocycles. The molecule has 0 radical (unpaired) electrons. The fraction of sp³-hybridized carbons (Fsp3) is 0.778. The number of likely N-dealkylation sites (N-methyl/N-ethyl adjacent to an activating group) is 1. The monoisotopic (exact) mass is 254 g/mol. The molecule has 0 saturated carbocycles. The second-order valence-electron chi connectivity index (χ2n) is 4.09. The molecule has 0 spiro atoms. The van der Waals surface area contributed by atoms with Crippen molar-refractivity contribution >= 4 is 7.82 Å². The summed E-state index contributed by atoms with van der Waals surface area (Å²) in [5.74, 6) is 2.54. The van der Waals surface area contributed by atoms with Crippen molar-refractivity contribution in [1.82, 2.24) is 0 Å². The average Bonchev–Trinajstić information content (AvgIpc) is 1.98. The smallest absolute Gasteiger partial charge is 0.375 e. The maximum atomic E-state index is 8.88. The molecule has 0 unspecified atom stereocenters. The summed E-state index contributed by atoms with van der Waals surface area (Å²) in [6, 6.07) is 0. The summed E-state index contributed by atoms with van der Waals surface area (Å²) in [5, 5.41) is 0. The molecule has 0 atom stereocenters. The predicted octanol–water partition coefficient (Wildman–Crippen LogP) is -0.196. The van der Waals surface area contributed by atoms with Gasteiger partial charge in [-0.3, -0.25) is 0 Å². The summed E-state index contributed by atoms with van der Waals surface area (Å²) in [6.07, 6.45) is 5.78. The number of rotatable bonds is 5. The molecular formula is C9H21NO5P+. The maximum absolute atomic E-state index is 8.88. The lowest BCUT2D eigenvalue weighted by atomic mass is 10.5. The topological polar surface area (TPSA) is 87.0 Å². The molecule has 0 rings (SSSR count). The molecule has 6 nitrogen and oxygen atoms in total. The zero-order chi connectivity index (χ0) is 13.2. The van der Waals surface area contributed by atoms with Crippen molar-refractivity contribution < 1.29 is 28.5 Å². The molecule has 0 bridgehead atoms. The number of quaternary nitrogens is 1. The molecule has 0 aromatic carbocycles. The highest BCUT2D eigenvalue weighted by Gasteiger charge is 2.04. The molecule has 96 valence electrons. The van der Waals surface area contributed by atoms with E-state index in [1.807, 2.05) is 0 Å². The third-order valence-corrected chi connectivity index (χ3v) is 1.30. The van der Waals surface area contributed by atoms with E-state index < -0.39 is 7.82 Å². The lowest BCUT2D eigenvalue weighted by molar-refractivity contribution is -0.870. The van der Waals surface area contributed by atoms with Crippen molar-refractivity contribution in [2.45, 2.75) is 6.42 Å². The Morgan fingerprint density at radius 2 is 1.69 bits per heavy atom. The zero-order valence-corrected chi connectivity index (χ0v) is 10.9. The van der Waals surface area contributed by atoms with E-state index >= 15 is 0 Å². The predicted molar refractivity (Wildman–Crippen MR) is 61.4 cm³/mol. The zero-order valence-electron chi connectivity index (χ0n) is 9.96. The van der Waals surface area contributed by atoms with Crippen LogP contribution in [0.3, 0.4) is 0 Å². The van der Waals surface area contributed by atoms with E-state index in [9.17, 15) is 0 Å². The van der Waals surface area contributed by atoms with Gasteiger partial charge in [0.25, 0.3) is 0 Å². The van der Waals surface area contributed by atoms with Crippen molar-refractivity contribution in [3.8, 4) is 12.3 Å². The van der Waals surface area contributed by atoms with Gasteiger partial charge in [0.15, 0.2) is 0 Å². The van der Waals surface area contributed by atoms with Crippen LogP contribution in [0.1, 0.15) is 6.42 Å². The van der Waals surface area contributed by atoms with Gasteiger partial charge in [0.2, 0.25) is 0 Å². The Kier molecular flexibility index (Phi) is 9.78. The van der Waals surface area contributed by atoms with Gasteiger partial charge in [-0.25, -0.2) is 4.57 Å². The number of terminal acetylenes is 1. The first kappa shape index (κ1) is 18.0. The summed E-state index contributed by atoms with van der Waals surface area (Å²) in [6.45, 7) is 2.52. The van der Waals surface area contributed by atoms with E-state index in [-0.39, 0.29) is 0 Å². The average molecular weight is 254 g/mol. The SMILES string of the molecule is C#CCCOCC[N+](C)(C)C.O=P(O)(O)O. The number of hydrogen-bond donors (Lipinski definition) is 3. The van der Waals surface area contributed by atoms with Crippen LogP contribution in [0.5, 0.6) is 0 Å². The second kappa shape index (κ2) is 8.71. The third kappa shape index (κ3) is 37.4. The van der Waals surface area contributed by atoms with Crippen LogP contribution in [-0.2, 0) is 9.30 Å². The van der Waals surface area contributed by atoms with E-state index in [1.54, 1.807) is 0 Å². The first-order valence-corrected chi connectivity index (χ1v) is 6.23. The van der Waals surface area contributed by atoms with Gasteiger partial charge >= 0.3 is 7.82 Å². The van der Waals surface area contributed by atoms with Gasteiger partial charge in [0, 0.05) is 6.42 Å². The minimum atomic E-state index is -4.64. The van der Waals surface area contributed by atoms with Gasteiger partial charge in [-0.05, 0) is 0 Å². The molecule has 0 aliphatic rings. The van der Waals surface area contributed by atoms with Gasteiger partial charge in [-0.2, -0.15) is 0 Å². The first-order chi connectivity index (χ1) is 7.06. The lowest BCUT2D eigenvalue weighted by Gasteiger charge is -2.23. The Labute approximate surface area is 96.7 Å². The molecule has 16 heavy (non-hydrogen) atoms. The molecule has 0 amide bonds. The van der Waals surface area contributed by atoms with Crippen molar-refractivity contribution in [3.05, 3.63) is 0 Å². The Balaban J connectivity index is 0. The molecular weight excluding hydrogens is 233 g/mol. The number of ether oxygens (including phenoxy) is 1. The normalized spacial score (nSPS) is 11.3. The van der Waals surface area contributed by atoms with E-state index in [1.165, 1.54) is 0 Å². The van der Waals surface area contributed by atoms with Crippen LogP contribution in [0.2, 0.25) is 0 Å². The molecule has 0 aromatic heterocycles. The maximum Gasteiger partial charge on any atom is 0.466 e. The van der Waals surface area contributed by atoms with Gasteiger partial charge in [0.1, 0.15) is 6.54 Å². The Bertz CT molecular complexity index is 241. The quantitative estimate of drug-likeness (QED) is 0.274. The van der Waals surface area contributed by atoms with Gasteiger partial charge in [0.05, 0.1) is 34.4 Å². The third-order valence-electron chi connectivity index (χ3n) is 1.30. The van der Waals surface area contributed by atoms with Crippen molar-refractivity contribution in [3.63, 3.8) is 0 Å². The molecule has 0 heterocycles. The van der Waals surface area contributed by atoms with Gasteiger partial charge < -0.3 is 23.9 Å². The highest BCUT2D eigenvalue weighted by atomic mass is 31.2. The summed E-state index contributed by atoms with van der Waals surface area (Å²) >= 11 is 0. The molecule has 3 N–H and O–H groups in total. The van der Waals surface area contributed by atoms with E-state index in [2.05, 4.69) is 27.1 Å². The molecule has 0 saturated heterocycles. The van der Waals surface area contributed by atoms with Crippen LogP contribution in [0.25, 0.3) is 0 Å². The fourth-order valence-corrected chi connectivity index (χ4v) is 0.572. The molecule has 0 aromatic rings. The van der Waals surface area contributed by atoms with E-state index in [0.717, 1.165) is 24.1 Å². The summed E-state index contributed by atoms with van der Waals surface area (Å²) in [5.41, 5.74) is 0. The van der Waals surface area contributed by atoms with Crippen LogP contribution in [0, 0.1) is 12.3 Å². The highest BCUT2D eigenvalue weighted by Crippen LogP contribution is 2.25. The van der Waals surface area contributed by atoms with Crippen LogP contribution in [0.15, 0.2) is 0 Å². The van der Waals surface area contributed by atoms with Crippen LogP contribution >= 0.6 is 7.82 Å². The Morgan fingerprint density at radius 3 is 2.00 bits per heavy atom. The molecule has 7 heteroatoms. The first-order valence-electron chi connectivity index (χ1n) is 4.66. The number of hydrogen-bond acceptors (Lipinski definition) is 2. The fourth-order valence-electron chi connectivity index (χ4n) is 0.572. The molecule has 0 fully saturated rings. The summed E-state index contributed by atoms with van der Waals surface area (Å²) in [7, 11) is 1.79. The summed E-state index contributed by atoms with van der Waals surface area (Å²) in [4.78, 5) is 21.6. The second-order valence-corrected chi connectivity index (χ2v) is 5.12. The number of nitrogens with zero attached hydrogens (tertiary/aromatic N) is 1. The standard InChI is InChI=1S/C9H18NO.H3O4P/c1-5-6-8-11-9-7-10(2,3)4;1-5(2,3)4/h1H,6-9H2,2-4H3;(H3,1,2,3,4)/q+1;. The minimum absolute atomic E-state index is 0.691. The number of phosphoric acid groups is 1. The largest absolute Gasteiger partial charge is 0.466 e. The lowest BCUT2D eigenvalue weighted by Crippen LogP contribution is -2.37. The van der Waals surface area contributed by atoms with Crippen LogP contribution < -0.4 is 0 Å². The minimum Gasteiger partial charge on any atom is -0.375 e. The highest BCUT2D eigenvalue weighted by molar-refractivity contribution is 7.45. The van der Waals surface area contributed by atoms with Crippen molar-refractivity contribution in [2.24, 2.45) is 0 Å². The van der Waals surface area contributed by atoms with Crippen LogP contribution in [-0.4, -0.2) is 60.1 Å².